The molecule has 0 radical (unpaired) electrons. The summed E-state index contributed by atoms with van der Waals surface area (Å²) in [7, 11) is 0. The van der Waals surface area contributed by atoms with Gasteiger partial charge in [0, 0.05) is 0 Å². The van der Waals surface area contributed by atoms with Crippen LogP contribution in [0.4, 0.5) is 0 Å². The van der Waals surface area contributed by atoms with Crippen LogP contribution in [0.5, 0.6) is 0 Å². The van der Waals surface area contributed by atoms with Gasteiger partial charge in [-0.3, -0.25) is 4.79 Å². The lowest BCUT2D eigenvalue weighted by molar-refractivity contribution is -0.147. The average Bonchev–Trinajstić information content (AvgIpc) is 2.39. The van der Waals surface area contributed by atoms with E-state index in [0.29, 0.717) is 12.3 Å². The third-order valence-electron chi connectivity index (χ3n) is 2.97. The highest BCUT2D eigenvalue weighted by atomic mass is 16.5. The highest BCUT2D eigenvalue weighted by molar-refractivity contribution is 5.72. The van der Waals surface area contributed by atoms with Crippen molar-refractivity contribution in [2.75, 3.05) is 0 Å². The minimum atomic E-state index is -0.159. The second-order valence-corrected chi connectivity index (χ2v) is 5.09. The molecule has 0 saturated heterocycles. The molecule has 2 atom stereocenters. The van der Waals surface area contributed by atoms with Gasteiger partial charge in [-0.05, 0) is 31.7 Å². The molecule has 0 bridgehead atoms. The Morgan fingerprint density at radius 3 is 2.55 bits per heavy atom. The van der Waals surface area contributed by atoms with E-state index in [-0.39, 0.29) is 12.1 Å². The monoisotopic (exact) mass is 272 g/mol. The number of carbonyl (C=O) groups is 1. The summed E-state index contributed by atoms with van der Waals surface area (Å²) < 4.78 is 5.44. The van der Waals surface area contributed by atoms with Crippen LogP contribution in [0.25, 0.3) is 0 Å². The topological polar surface area (TPSA) is 26.3 Å². The Labute approximate surface area is 122 Å². The van der Waals surface area contributed by atoms with Gasteiger partial charge in [-0.15, -0.1) is 0 Å². The Bertz CT molecular complexity index is 446. The van der Waals surface area contributed by atoms with Crippen LogP contribution in [0.1, 0.15) is 32.8 Å². The van der Waals surface area contributed by atoms with Crippen molar-refractivity contribution in [1.82, 2.24) is 0 Å². The molecule has 0 amide bonds. The summed E-state index contributed by atoms with van der Waals surface area (Å²) in [4.78, 5) is 11.8. The maximum absolute atomic E-state index is 11.8. The summed E-state index contributed by atoms with van der Waals surface area (Å²) in [6.07, 6.45) is 9.28. The number of carbonyl (C=O) groups excluding carboxylic acids is 1. The third-order valence-corrected chi connectivity index (χ3v) is 2.97. The SMILES string of the molecule is C/C=C/C=C/C(C)CC(C)OC(=O)Cc1ccccc1. The fraction of sp³-hybridized carbons (Fsp3) is 0.389. The molecule has 0 heterocycles. The van der Waals surface area contributed by atoms with E-state index in [1.165, 1.54) is 0 Å². The van der Waals surface area contributed by atoms with Crippen LogP contribution in [-0.2, 0) is 16.0 Å². The van der Waals surface area contributed by atoms with Crippen LogP contribution in [0, 0.1) is 5.92 Å². The minimum Gasteiger partial charge on any atom is -0.462 e. The number of ether oxygens (including phenoxy) is 1. The molecule has 1 aromatic rings. The van der Waals surface area contributed by atoms with Crippen molar-refractivity contribution < 1.29 is 9.53 Å². The zero-order valence-corrected chi connectivity index (χ0v) is 12.6. The van der Waals surface area contributed by atoms with Crippen LogP contribution in [0.3, 0.4) is 0 Å². The molecule has 0 aromatic heterocycles. The molecule has 2 unspecified atom stereocenters. The molecule has 0 aliphatic carbocycles. The maximum Gasteiger partial charge on any atom is 0.310 e. The maximum atomic E-state index is 11.8. The molecule has 0 N–H and O–H groups in total. The summed E-state index contributed by atoms with van der Waals surface area (Å²) in [6, 6.07) is 9.68. The van der Waals surface area contributed by atoms with E-state index in [0.717, 1.165) is 12.0 Å². The molecule has 0 spiro atoms. The Morgan fingerprint density at radius 1 is 1.20 bits per heavy atom. The lowest BCUT2D eigenvalue weighted by Gasteiger charge is -2.15. The molecule has 2 heteroatoms. The zero-order valence-electron chi connectivity index (χ0n) is 12.6. The number of rotatable bonds is 7. The highest BCUT2D eigenvalue weighted by Crippen LogP contribution is 2.11. The van der Waals surface area contributed by atoms with Crippen molar-refractivity contribution in [1.29, 1.82) is 0 Å². The Hall–Kier alpha value is -1.83. The summed E-state index contributed by atoms with van der Waals surface area (Å²) in [5.41, 5.74) is 0.991. The van der Waals surface area contributed by atoms with Crippen molar-refractivity contribution in [2.24, 2.45) is 5.92 Å². The molecule has 0 aliphatic rings. The number of allylic oxidation sites excluding steroid dienone is 4. The number of hydrogen-bond donors (Lipinski definition) is 0. The predicted octanol–water partition coefficient (Wildman–Crippen LogP) is 4.32. The standard InChI is InChI=1S/C18H24O2/c1-4-5-7-10-15(2)13-16(3)20-18(19)14-17-11-8-6-9-12-17/h4-12,15-16H,13-14H2,1-3H3/b5-4+,10-7+. The highest BCUT2D eigenvalue weighted by Gasteiger charge is 2.12. The number of esters is 1. The summed E-state index contributed by atoms with van der Waals surface area (Å²) in [5.74, 6) is 0.235. The number of hydrogen-bond acceptors (Lipinski definition) is 2. The summed E-state index contributed by atoms with van der Waals surface area (Å²) in [5, 5.41) is 0. The van der Waals surface area contributed by atoms with Gasteiger partial charge in [-0.2, -0.15) is 0 Å². The van der Waals surface area contributed by atoms with Crippen LogP contribution in [0.15, 0.2) is 54.6 Å². The van der Waals surface area contributed by atoms with E-state index in [1.54, 1.807) is 0 Å². The van der Waals surface area contributed by atoms with Crippen LogP contribution >= 0.6 is 0 Å². The van der Waals surface area contributed by atoms with E-state index < -0.39 is 0 Å². The van der Waals surface area contributed by atoms with Gasteiger partial charge in [0.1, 0.15) is 0 Å². The van der Waals surface area contributed by atoms with E-state index in [2.05, 4.69) is 13.0 Å². The van der Waals surface area contributed by atoms with Gasteiger partial charge >= 0.3 is 5.97 Å². The normalized spacial score (nSPS) is 14.6. The van der Waals surface area contributed by atoms with E-state index in [9.17, 15) is 4.79 Å². The molecule has 108 valence electrons. The first kappa shape index (κ1) is 16.2. The average molecular weight is 272 g/mol. The Balaban J connectivity index is 2.34. The van der Waals surface area contributed by atoms with Crippen molar-refractivity contribution in [3.05, 3.63) is 60.2 Å². The first-order chi connectivity index (χ1) is 9.61. The van der Waals surface area contributed by atoms with Gasteiger partial charge < -0.3 is 4.74 Å². The molecule has 0 fully saturated rings. The summed E-state index contributed by atoms with van der Waals surface area (Å²) >= 11 is 0. The van der Waals surface area contributed by atoms with E-state index in [4.69, 9.17) is 4.74 Å². The first-order valence-electron chi connectivity index (χ1n) is 7.14. The van der Waals surface area contributed by atoms with Gasteiger partial charge in [0.25, 0.3) is 0 Å². The van der Waals surface area contributed by atoms with Crippen molar-refractivity contribution >= 4 is 5.97 Å². The zero-order chi connectivity index (χ0) is 14.8. The molecule has 0 aliphatic heterocycles. The lowest BCUT2D eigenvalue weighted by atomic mass is 10.0. The molecular weight excluding hydrogens is 248 g/mol. The van der Waals surface area contributed by atoms with Crippen molar-refractivity contribution in [3.8, 4) is 0 Å². The van der Waals surface area contributed by atoms with Gasteiger partial charge in [0.05, 0.1) is 12.5 Å². The van der Waals surface area contributed by atoms with E-state index in [1.807, 2.05) is 62.4 Å². The number of benzene rings is 1. The largest absolute Gasteiger partial charge is 0.462 e. The van der Waals surface area contributed by atoms with E-state index >= 15 is 0 Å². The fourth-order valence-electron chi connectivity index (χ4n) is 2.04. The Kier molecular flexibility index (Phi) is 7.41. The van der Waals surface area contributed by atoms with Crippen molar-refractivity contribution in [2.45, 2.75) is 39.7 Å². The molecule has 20 heavy (non-hydrogen) atoms. The van der Waals surface area contributed by atoms with Gasteiger partial charge in [-0.1, -0.05) is 61.6 Å². The van der Waals surface area contributed by atoms with Crippen LogP contribution < -0.4 is 0 Å². The van der Waals surface area contributed by atoms with Crippen LogP contribution in [-0.4, -0.2) is 12.1 Å². The molecule has 1 rings (SSSR count). The molecule has 1 aromatic carbocycles. The van der Waals surface area contributed by atoms with Crippen molar-refractivity contribution in [3.63, 3.8) is 0 Å². The molecule has 2 nitrogen and oxygen atoms in total. The lowest BCUT2D eigenvalue weighted by Crippen LogP contribution is -2.18. The second-order valence-electron chi connectivity index (χ2n) is 5.09. The molecular formula is C18H24O2. The quantitative estimate of drug-likeness (QED) is 0.546. The Morgan fingerprint density at radius 2 is 1.90 bits per heavy atom. The summed E-state index contributed by atoms with van der Waals surface area (Å²) in [6.45, 7) is 6.06. The fourth-order valence-corrected chi connectivity index (χ4v) is 2.04. The van der Waals surface area contributed by atoms with Crippen LogP contribution in [0.2, 0.25) is 0 Å². The first-order valence-corrected chi connectivity index (χ1v) is 7.14. The van der Waals surface area contributed by atoms with Gasteiger partial charge in [0.2, 0.25) is 0 Å². The predicted molar refractivity (Wildman–Crippen MR) is 83.4 cm³/mol. The van der Waals surface area contributed by atoms with Gasteiger partial charge in [-0.25, -0.2) is 0 Å². The molecule has 0 saturated carbocycles. The second kappa shape index (κ2) is 9.13. The van der Waals surface area contributed by atoms with Gasteiger partial charge in [0.15, 0.2) is 0 Å². The third kappa shape index (κ3) is 6.93. The minimum absolute atomic E-state index is 0.0588. The smallest absolute Gasteiger partial charge is 0.310 e.